The molecule has 2 rings (SSSR count). The van der Waals surface area contributed by atoms with Crippen molar-refractivity contribution in [2.75, 3.05) is 13.7 Å². The molecule has 0 radical (unpaired) electrons. The number of allylic oxidation sites excluding steroid dienone is 2. The molecule has 0 saturated carbocycles. The van der Waals surface area contributed by atoms with Gasteiger partial charge in [-0.1, -0.05) is 44.2 Å². The number of rotatable bonds is 8. The molecular weight excluding hydrogens is 432 g/mol. The monoisotopic (exact) mass is 458 g/mol. The topological polar surface area (TPSA) is 115 Å². The Balaban J connectivity index is -0.000000955. The van der Waals surface area contributed by atoms with Crippen molar-refractivity contribution >= 4 is 5.97 Å². The van der Waals surface area contributed by atoms with Gasteiger partial charge in [0.05, 0.1) is 25.9 Å². The summed E-state index contributed by atoms with van der Waals surface area (Å²) in [7, 11) is 1.35. The third-order valence-electron chi connectivity index (χ3n) is 4.40. The van der Waals surface area contributed by atoms with Crippen molar-refractivity contribution in [3.63, 3.8) is 0 Å². The minimum atomic E-state index is -0.520. The molecular formula is C22H26FeO7. The van der Waals surface area contributed by atoms with E-state index >= 15 is 0 Å². The van der Waals surface area contributed by atoms with E-state index in [1.807, 2.05) is 12.2 Å². The van der Waals surface area contributed by atoms with E-state index in [2.05, 4.69) is 50.7 Å². The van der Waals surface area contributed by atoms with Gasteiger partial charge in [0.2, 0.25) is 0 Å². The van der Waals surface area contributed by atoms with Crippen LogP contribution in [-0.2, 0) is 45.3 Å². The van der Waals surface area contributed by atoms with Gasteiger partial charge in [-0.05, 0) is 35.8 Å². The summed E-state index contributed by atoms with van der Waals surface area (Å²) in [6, 6.07) is 0. The molecule has 0 aliphatic heterocycles. The molecule has 2 aliphatic rings. The third kappa shape index (κ3) is 11.3. The Morgan fingerprint density at radius 2 is 1.87 bits per heavy atom. The number of hydrogen-bond acceptors (Lipinski definition) is 4. The molecule has 0 aromatic rings. The van der Waals surface area contributed by atoms with Gasteiger partial charge in [-0.15, -0.1) is 0 Å². The number of aliphatic hydroxyl groups excluding tert-OH is 1. The summed E-state index contributed by atoms with van der Waals surface area (Å²) in [5.74, 6) is -0.372. The molecule has 2 atom stereocenters. The van der Waals surface area contributed by atoms with Gasteiger partial charge in [0.25, 0.3) is 0 Å². The number of carbonyl (C=O) groups is 1. The van der Waals surface area contributed by atoms with Gasteiger partial charge in [0.1, 0.15) is 0 Å². The fraction of sp³-hybridized carbons (Fsp3) is 0.455. The van der Waals surface area contributed by atoms with E-state index in [0.29, 0.717) is 19.4 Å². The molecule has 0 bridgehead atoms. The van der Waals surface area contributed by atoms with E-state index < -0.39 is 6.10 Å². The maximum absolute atomic E-state index is 11.0. The largest absolute Gasteiger partial charge is 0 e. The van der Waals surface area contributed by atoms with E-state index in [9.17, 15) is 9.90 Å². The first-order chi connectivity index (χ1) is 13.9. The zero-order valence-corrected chi connectivity index (χ0v) is 18.3. The fourth-order valence-corrected chi connectivity index (χ4v) is 2.74. The fourth-order valence-electron chi connectivity index (χ4n) is 2.74. The molecule has 0 aromatic heterocycles. The van der Waals surface area contributed by atoms with Crippen molar-refractivity contribution in [1.29, 1.82) is 0 Å². The first-order valence-electron chi connectivity index (χ1n) is 8.67. The van der Waals surface area contributed by atoms with Gasteiger partial charge in [0, 0.05) is 23.1 Å². The van der Waals surface area contributed by atoms with Crippen molar-refractivity contribution in [1.82, 2.24) is 0 Å². The molecule has 0 heterocycles. The summed E-state index contributed by atoms with van der Waals surface area (Å²) in [5.41, 5.74) is 2.15. The number of aliphatic hydroxyl groups is 1. The molecule has 30 heavy (non-hydrogen) atoms. The summed E-state index contributed by atoms with van der Waals surface area (Å²) in [4.78, 5) is 11.0. The molecule has 164 valence electrons. The van der Waals surface area contributed by atoms with Crippen LogP contribution in [0.15, 0.2) is 47.6 Å². The number of carbonyl (C=O) groups excluding carboxylic acids is 1. The first kappa shape index (κ1) is 32.7. The summed E-state index contributed by atoms with van der Waals surface area (Å²) < 4.78 is 33.0. The van der Waals surface area contributed by atoms with Crippen LogP contribution in [0.4, 0.5) is 0 Å². The quantitative estimate of drug-likeness (QED) is 0.150. The average molecular weight is 458 g/mol. The normalized spacial score (nSPS) is 18.1. The molecule has 8 heteroatoms. The van der Waals surface area contributed by atoms with Gasteiger partial charge >= 0.3 is 39.9 Å². The zero-order chi connectivity index (χ0) is 22.9. The maximum Gasteiger partial charge on any atom is 0 e. The summed E-state index contributed by atoms with van der Waals surface area (Å²) in [6.45, 7) is 18.4. The van der Waals surface area contributed by atoms with Crippen molar-refractivity contribution in [3.05, 3.63) is 67.6 Å². The predicted octanol–water partition coefficient (Wildman–Crippen LogP) is 2.98. The van der Waals surface area contributed by atoms with Crippen molar-refractivity contribution in [2.45, 2.75) is 45.3 Å². The van der Waals surface area contributed by atoms with Crippen LogP contribution in [0.3, 0.4) is 0 Å². The van der Waals surface area contributed by atoms with Crippen LogP contribution in [0, 0.1) is 25.4 Å². The Kier molecular flexibility index (Phi) is 20.8. The number of methoxy groups -OCH3 is 1. The third-order valence-corrected chi connectivity index (χ3v) is 4.40. The molecule has 7 nitrogen and oxygen atoms in total. The number of hydrogen-bond donors (Lipinski definition) is 1. The van der Waals surface area contributed by atoms with Crippen LogP contribution in [0.25, 0.3) is 0 Å². The second-order valence-corrected chi connectivity index (χ2v) is 6.69. The second-order valence-electron chi connectivity index (χ2n) is 6.69. The Morgan fingerprint density at radius 3 is 2.30 bits per heavy atom. The van der Waals surface area contributed by atoms with Gasteiger partial charge in [-0.3, -0.25) is 0 Å². The zero-order valence-electron chi connectivity index (χ0n) is 17.2. The summed E-state index contributed by atoms with van der Waals surface area (Å²) in [5, 5.41) is 10.2. The van der Waals surface area contributed by atoms with Gasteiger partial charge < -0.3 is 14.6 Å². The Hall–Kier alpha value is -1.91. The number of esters is 1. The molecule has 1 N–H and O–H groups in total. The summed E-state index contributed by atoms with van der Waals surface area (Å²) >= 11 is 0. The standard InChI is InChI=1S/C19H26O4.3CO.Fe/c1-19(2)12-6-8-17(19)23-13-14-10-11-15(14)16(20)7-4-5-9-18(21)22-3;3*1-2;/h5-6,8-11,16-17,20H,4,7,12-13H2,1-3H3;;;;/b9-5+;;;;/t16-,17?;;;;/m1..../s1. The second kappa shape index (κ2) is 19.1. The summed E-state index contributed by atoms with van der Waals surface area (Å²) in [6.07, 6.45) is 13.2. The minimum Gasteiger partial charge on any atom is 0 e. The molecule has 0 spiro atoms. The smallest absolute Gasteiger partial charge is 0 e. The molecule has 0 aromatic carbocycles. The SMILES string of the molecule is COC(=O)/C=C/CC[C@@H](O)C1=C(COC2C=CCC2(C)C)C=C1.[C-]#[O+].[C-]#[O+].[C-]#[O+].[Fe]. The van der Waals surface area contributed by atoms with Crippen molar-refractivity contribution < 1.29 is 50.4 Å². The van der Waals surface area contributed by atoms with E-state index in [-0.39, 0.29) is 34.6 Å². The Labute approximate surface area is 188 Å². The van der Waals surface area contributed by atoms with Crippen LogP contribution in [0.1, 0.15) is 33.1 Å². The van der Waals surface area contributed by atoms with E-state index in [0.717, 1.165) is 17.6 Å². The van der Waals surface area contributed by atoms with Crippen LogP contribution in [-0.4, -0.2) is 37.0 Å². The predicted molar refractivity (Wildman–Crippen MR) is 102 cm³/mol. The average Bonchev–Trinajstić information content (AvgIpc) is 3.07. The molecule has 1 unspecified atom stereocenters. The van der Waals surface area contributed by atoms with E-state index in [1.54, 1.807) is 6.08 Å². The van der Waals surface area contributed by atoms with E-state index in [1.165, 1.54) is 13.2 Å². The van der Waals surface area contributed by atoms with Crippen LogP contribution in [0.5, 0.6) is 0 Å². The molecule has 2 aliphatic carbocycles. The number of ether oxygens (including phenoxy) is 2. The minimum absolute atomic E-state index is 0. The van der Waals surface area contributed by atoms with Crippen molar-refractivity contribution in [3.8, 4) is 0 Å². The Morgan fingerprint density at radius 1 is 1.27 bits per heavy atom. The van der Waals surface area contributed by atoms with Gasteiger partial charge in [0.15, 0.2) is 0 Å². The van der Waals surface area contributed by atoms with Crippen LogP contribution in [0.2, 0.25) is 0 Å². The molecule has 0 saturated heterocycles. The van der Waals surface area contributed by atoms with Gasteiger partial charge in [-0.25, -0.2) is 4.79 Å². The molecule has 0 fully saturated rings. The van der Waals surface area contributed by atoms with Crippen LogP contribution >= 0.6 is 0 Å². The molecule has 0 amide bonds. The first-order valence-corrected chi connectivity index (χ1v) is 8.67. The van der Waals surface area contributed by atoms with Crippen molar-refractivity contribution in [2.24, 2.45) is 5.41 Å². The van der Waals surface area contributed by atoms with Gasteiger partial charge in [-0.2, -0.15) is 0 Å². The van der Waals surface area contributed by atoms with E-state index in [4.69, 9.17) is 18.7 Å². The Bertz CT molecular complexity index is 667. The van der Waals surface area contributed by atoms with Crippen LogP contribution < -0.4 is 0 Å². The maximum atomic E-state index is 11.0.